The molecule has 3 rings (SSSR count). The lowest BCUT2D eigenvalue weighted by atomic mass is 10.2. The first-order valence-corrected chi connectivity index (χ1v) is 5.26. The maximum absolute atomic E-state index is 4.36. The first-order valence-electron chi connectivity index (χ1n) is 5.26. The fourth-order valence-corrected chi connectivity index (χ4v) is 1.86. The Morgan fingerprint density at radius 3 is 2.50 bits per heavy atom. The van der Waals surface area contributed by atoms with Gasteiger partial charge in [-0.05, 0) is 29.2 Å². The Bertz CT molecular complexity index is 612. The van der Waals surface area contributed by atoms with Crippen molar-refractivity contribution < 1.29 is 4.57 Å². The number of rotatable bonds is 1. The smallest absolute Gasteiger partial charge is 0.196 e. The van der Waals surface area contributed by atoms with Gasteiger partial charge in [-0.2, -0.15) is 4.57 Å². The summed E-state index contributed by atoms with van der Waals surface area (Å²) in [7, 11) is 0. The standard InChI is InChI=1S/C14H11N2/c1-2-8-13-12(6-1)7-5-11-16(13)14-9-3-4-10-15-14/h1-11H/q+1. The first kappa shape index (κ1) is 9.04. The van der Waals surface area contributed by atoms with Crippen LogP contribution in [0.15, 0.2) is 67.0 Å². The molecule has 0 atom stereocenters. The average Bonchev–Trinajstić information content (AvgIpc) is 2.39. The molecule has 2 heterocycles. The van der Waals surface area contributed by atoms with Crippen molar-refractivity contribution >= 4 is 10.9 Å². The minimum absolute atomic E-state index is 0.944. The molecule has 2 nitrogen and oxygen atoms in total. The molecule has 0 saturated carbocycles. The van der Waals surface area contributed by atoms with E-state index in [0.717, 1.165) is 5.82 Å². The molecule has 0 aliphatic rings. The number of hydrogen-bond acceptors (Lipinski definition) is 1. The van der Waals surface area contributed by atoms with Gasteiger partial charge in [0.15, 0.2) is 0 Å². The van der Waals surface area contributed by atoms with Crippen LogP contribution in [0.5, 0.6) is 0 Å². The van der Waals surface area contributed by atoms with Crippen molar-refractivity contribution in [2.75, 3.05) is 0 Å². The van der Waals surface area contributed by atoms with Crippen LogP contribution >= 0.6 is 0 Å². The Morgan fingerprint density at radius 1 is 0.812 bits per heavy atom. The molecule has 16 heavy (non-hydrogen) atoms. The average molecular weight is 207 g/mol. The van der Waals surface area contributed by atoms with E-state index in [-0.39, 0.29) is 0 Å². The van der Waals surface area contributed by atoms with E-state index in [1.54, 1.807) is 0 Å². The van der Waals surface area contributed by atoms with E-state index in [1.165, 1.54) is 10.9 Å². The fraction of sp³-hybridized carbons (Fsp3) is 0. The molecule has 0 spiro atoms. The third-order valence-electron chi connectivity index (χ3n) is 2.60. The summed E-state index contributed by atoms with van der Waals surface area (Å²) < 4.78 is 2.09. The van der Waals surface area contributed by atoms with Gasteiger partial charge in [0.1, 0.15) is 11.7 Å². The Hall–Kier alpha value is -2.22. The molecule has 2 aromatic heterocycles. The van der Waals surface area contributed by atoms with Crippen LogP contribution in [-0.2, 0) is 0 Å². The summed E-state index contributed by atoms with van der Waals surface area (Å²) >= 11 is 0. The van der Waals surface area contributed by atoms with Crippen LogP contribution in [0.1, 0.15) is 0 Å². The predicted molar refractivity (Wildman–Crippen MR) is 63.3 cm³/mol. The molecule has 1 aromatic carbocycles. The third kappa shape index (κ3) is 1.44. The van der Waals surface area contributed by atoms with Gasteiger partial charge < -0.3 is 0 Å². The van der Waals surface area contributed by atoms with Crippen LogP contribution in [-0.4, -0.2) is 4.98 Å². The van der Waals surface area contributed by atoms with Crippen LogP contribution in [0, 0.1) is 0 Å². The van der Waals surface area contributed by atoms with E-state index in [1.807, 2.05) is 48.8 Å². The summed E-state index contributed by atoms with van der Waals surface area (Å²) in [6.07, 6.45) is 3.84. The zero-order valence-electron chi connectivity index (χ0n) is 8.75. The normalized spacial score (nSPS) is 10.5. The summed E-state index contributed by atoms with van der Waals surface area (Å²) in [5.74, 6) is 0.944. The van der Waals surface area contributed by atoms with Crippen molar-refractivity contribution in [3.05, 3.63) is 67.0 Å². The van der Waals surface area contributed by atoms with E-state index in [2.05, 4.69) is 27.8 Å². The molecule has 0 amide bonds. The van der Waals surface area contributed by atoms with Gasteiger partial charge in [-0.3, -0.25) is 0 Å². The zero-order valence-corrected chi connectivity index (χ0v) is 8.75. The number of nitrogens with zero attached hydrogens (tertiary/aromatic N) is 2. The van der Waals surface area contributed by atoms with Crippen molar-refractivity contribution in [1.29, 1.82) is 0 Å². The second-order valence-corrected chi connectivity index (χ2v) is 3.62. The maximum Gasteiger partial charge on any atom is 0.327 e. The van der Waals surface area contributed by atoms with Gasteiger partial charge in [-0.15, -0.1) is 0 Å². The summed E-state index contributed by atoms with van der Waals surface area (Å²) in [5, 5.41) is 1.22. The quantitative estimate of drug-likeness (QED) is 0.560. The second-order valence-electron chi connectivity index (χ2n) is 3.62. The highest BCUT2D eigenvalue weighted by molar-refractivity contribution is 5.75. The lowest BCUT2D eigenvalue weighted by Gasteiger charge is -2.00. The highest BCUT2D eigenvalue weighted by Gasteiger charge is 2.08. The summed E-state index contributed by atoms with van der Waals surface area (Å²) in [4.78, 5) is 4.36. The van der Waals surface area contributed by atoms with Gasteiger partial charge >= 0.3 is 5.82 Å². The molecule has 76 valence electrons. The minimum atomic E-state index is 0.944. The van der Waals surface area contributed by atoms with Crippen molar-refractivity contribution in [2.45, 2.75) is 0 Å². The van der Waals surface area contributed by atoms with Crippen LogP contribution in [0.4, 0.5) is 0 Å². The maximum atomic E-state index is 4.36. The highest BCUT2D eigenvalue weighted by Crippen LogP contribution is 2.09. The molecule has 0 aliphatic heterocycles. The number of benzene rings is 1. The lowest BCUT2D eigenvalue weighted by molar-refractivity contribution is -0.571. The van der Waals surface area contributed by atoms with Crippen LogP contribution in [0.2, 0.25) is 0 Å². The monoisotopic (exact) mass is 207 g/mol. The predicted octanol–water partition coefficient (Wildman–Crippen LogP) is 2.51. The summed E-state index contributed by atoms with van der Waals surface area (Å²) in [6, 6.07) is 18.4. The SMILES string of the molecule is c1ccc(-[n+]2cccc3ccccc32)nc1. The zero-order chi connectivity index (χ0) is 10.8. The largest absolute Gasteiger partial charge is 0.327 e. The highest BCUT2D eigenvalue weighted by atomic mass is 15.0. The number of para-hydroxylation sites is 1. The molecular formula is C14H11N2+. The first-order chi connectivity index (χ1) is 7.95. The Balaban J connectivity index is 2.32. The fourth-order valence-electron chi connectivity index (χ4n) is 1.86. The van der Waals surface area contributed by atoms with Crippen molar-refractivity contribution in [3.63, 3.8) is 0 Å². The molecule has 0 N–H and O–H groups in total. The Morgan fingerprint density at radius 2 is 1.62 bits per heavy atom. The van der Waals surface area contributed by atoms with Gasteiger partial charge in [0.05, 0.1) is 6.20 Å². The molecule has 2 heteroatoms. The molecule has 3 aromatic rings. The summed E-state index contributed by atoms with van der Waals surface area (Å²) in [6.45, 7) is 0. The molecule has 0 bridgehead atoms. The lowest BCUT2D eigenvalue weighted by Crippen LogP contribution is -2.31. The molecule has 0 saturated heterocycles. The van der Waals surface area contributed by atoms with Crippen molar-refractivity contribution in [1.82, 2.24) is 4.98 Å². The Kier molecular flexibility index (Phi) is 2.11. The van der Waals surface area contributed by atoms with Crippen molar-refractivity contribution in [3.8, 4) is 5.82 Å². The molecule has 0 fully saturated rings. The van der Waals surface area contributed by atoms with Gasteiger partial charge in [0.2, 0.25) is 0 Å². The van der Waals surface area contributed by atoms with Gasteiger partial charge in [0, 0.05) is 11.5 Å². The number of pyridine rings is 2. The van der Waals surface area contributed by atoms with Crippen LogP contribution in [0.3, 0.4) is 0 Å². The number of hydrogen-bond donors (Lipinski definition) is 0. The molecular weight excluding hydrogens is 196 g/mol. The third-order valence-corrected chi connectivity index (χ3v) is 2.60. The summed E-state index contributed by atoms with van der Waals surface area (Å²) in [5.41, 5.74) is 1.17. The van der Waals surface area contributed by atoms with Crippen LogP contribution in [0.25, 0.3) is 16.7 Å². The number of aromatic nitrogens is 2. The number of fused-ring (bicyclic) bond motifs is 1. The second kappa shape index (κ2) is 3.74. The van der Waals surface area contributed by atoms with E-state index < -0.39 is 0 Å². The van der Waals surface area contributed by atoms with E-state index in [4.69, 9.17) is 0 Å². The van der Waals surface area contributed by atoms with E-state index in [0.29, 0.717) is 0 Å². The van der Waals surface area contributed by atoms with Gasteiger partial charge in [-0.25, -0.2) is 0 Å². The molecule has 0 unspecified atom stereocenters. The minimum Gasteiger partial charge on any atom is -0.196 e. The van der Waals surface area contributed by atoms with Crippen molar-refractivity contribution in [2.24, 2.45) is 0 Å². The Labute approximate surface area is 93.8 Å². The van der Waals surface area contributed by atoms with E-state index in [9.17, 15) is 0 Å². The molecule has 0 aliphatic carbocycles. The molecule has 0 radical (unpaired) electrons. The van der Waals surface area contributed by atoms with E-state index >= 15 is 0 Å². The topological polar surface area (TPSA) is 16.8 Å². The van der Waals surface area contributed by atoms with Gasteiger partial charge in [0.25, 0.3) is 0 Å². The van der Waals surface area contributed by atoms with Gasteiger partial charge in [-0.1, -0.05) is 24.3 Å². The van der Waals surface area contributed by atoms with Crippen LogP contribution < -0.4 is 4.57 Å².